The van der Waals surface area contributed by atoms with Crippen molar-refractivity contribution in [3.63, 3.8) is 0 Å². The number of ether oxygens (including phenoxy) is 1. The first kappa shape index (κ1) is 11.5. The SMILES string of the molecule is OCc1ccc(Oc2ccc(F)cc2F)nc1. The Labute approximate surface area is 96.3 Å². The summed E-state index contributed by atoms with van der Waals surface area (Å²) in [6.45, 7) is -0.127. The first-order valence-electron chi connectivity index (χ1n) is 4.88. The van der Waals surface area contributed by atoms with Crippen LogP contribution < -0.4 is 4.74 Å². The average Bonchev–Trinajstić information content (AvgIpc) is 2.34. The van der Waals surface area contributed by atoms with Crippen LogP contribution in [0, 0.1) is 11.6 Å². The van der Waals surface area contributed by atoms with E-state index in [1.54, 1.807) is 6.07 Å². The smallest absolute Gasteiger partial charge is 0.219 e. The number of pyridine rings is 1. The number of aliphatic hydroxyl groups excluding tert-OH is 1. The van der Waals surface area contributed by atoms with E-state index in [0.717, 1.165) is 12.1 Å². The summed E-state index contributed by atoms with van der Waals surface area (Å²) in [6, 6.07) is 6.11. The molecule has 0 atom stereocenters. The highest BCUT2D eigenvalue weighted by Gasteiger charge is 2.06. The molecule has 0 fully saturated rings. The Hall–Kier alpha value is -2.01. The molecule has 0 radical (unpaired) electrons. The molecule has 0 aliphatic rings. The van der Waals surface area contributed by atoms with E-state index >= 15 is 0 Å². The van der Waals surface area contributed by atoms with Crippen LogP contribution in [-0.2, 0) is 6.61 Å². The number of hydrogen-bond donors (Lipinski definition) is 1. The Balaban J connectivity index is 2.19. The number of aliphatic hydroxyl groups is 1. The van der Waals surface area contributed by atoms with Gasteiger partial charge in [-0.05, 0) is 23.8 Å². The molecule has 1 heterocycles. The largest absolute Gasteiger partial charge is 0.436 e. The van der Waals surface area contributed by atoms with Gasteiger partial charge in [0.25, 0.3) is 0 Å². The van der Waals surface area contributed by atoms with Crippen molar-refractivity contribution in [3.05, 3.63) is 53.7 Å². The third-order valence-corrected chi connectivity index (χ3v) is 2.09. The number of hydrogen-bond acceptors (Lipinski definition) is 3. The molecule has 0 aliphatic carbocycles. The highest BCUT2D eigenvalue weighted by Crippen LogP contribution is 2.23. The van der Waals surface area contributed by atoms with Gasteiger partial charge < -0.3 is 9.84 Å². The second-order valence-corrected chi connectivity index (χ2v) is 3.34. The third-order valence-electron chi connectivity index (χ3n) is 2.09. The number of rotatable bonds is 3. The fraction of sp³-hybridized carbons (Fsp3) is 0.0833. The first-order valence-corrected chi connectivity index (χ1v) is 4.88. The molecule has 0 amide bonds. The van der Waals surface area contributed by atoms with Gasteiger partial charge in [0.1, 0.15) is 5.82 Å². The molecular weight excluding hydrogens is 228 g/mol. The summed E-state index contributed by atoms with van der Waals surface area (Å²) in [5.74, 6) is -1.39. The highest BCUT2D eigenvalue weighted by molar-refractivity contribution is 5.29. The van der Waals surface area contributed by atoms with Gasteiger partial charge in [-0.3, -0.25) is 0 Å². The normalized spacial score (nSPS) is 10.3. The minimum absolute atomic E-state index is 0.101. The summed E-state index contributed by atoms with van der Waals surface area (Å²) >= 11 is 0. The van der Waals surface area contributed by atoms with Gasteiger partial charge in [-0.1, -0.05) is 0 Å². The molecule has 1 aromatic heterocycles. The van der Waals surface area contributed by atoms with Crippen molar-refractivity contribution in [2.24, 2.45) is 0 Å². The number of benzene rings is 1. The minimum atomic E-state index is -0.793. The van der Waals surface area contributed by atoms with E-state index in [4.69, 9.17) is 9.84 Å². The van der Waals surface area contributed by atoms with Crippen LogP contribution in [0.3, 0.4) is 0 Å². The van der Waals surface area contributed by atoms with Gasteiger partial charge in [0.15, 0.2) is 11.6 Å². The van der Waals surface area contributed by atoms with Gasteiger partial charge in [-0.15, -0.1) is 0 Å². The highest BCUT2D eigenvalue weighted by atomic mass is 19.1. The minimum Gasteiger partial charge on any atom is -0.436 e. The maximum atomic E-state index is 13.2. The van der Waals surface area contributed by atoms with Crippen molar-refractivity contribution in [3.8, 4) is 11.6 Å². The second-order valence-electron chi connectivity index (χ2n) is 3.34. The van der Waals surface area contributed by atoms with Crippen molar-refractivity contribution in [2.75, 3.05) is 0 Å². The second kappa shape index (κ2) is 4.88. The van der Waals surface area contributed by atoms with E-state index in [0.29, 0.717) is 5.56 Å². The standard InChI is InChI=1S/C12H9F2NO2/c13-9-2-3-11(10(14)5-9)17-12-4-1-8(7-16)6-15-12/h1-6,16H,7H2. The van der Waals surface area contributed by atoms with E-state index < -0.39 is 11.6 Å². The van der Waals surface area contributed by atoms with Crippen molar-refractivity contribution in [1.82, 2.24) is 4.98 Å². The molecule has 0 bridgehead atoms. The number of halogens is 2. The zero-order valence-corrected chi connectivity index (χ0v) is 8.73. The molecular formula is C12H9F2NO2. The van der Waals surface area contributed by atoms with Crippen LogP contribution in [0.5, 0.6) is 11.6 Å². The van der Waals surface area contributed by atoms with Gasteiger partial charge in [0.05, 0.1) is 6.61 Å². The lowest BCUT2D eigenvalue weighted by atomic mass is 10.3. The lowest BCUT2D eigenvalue weighted by Gasteiger charge is -2.05. The van der Waals surface area contributed by atoms with Crippen LogP contribution in [0.1, 0.15) is 5.56 Å². The topological polar surface area (TPSA) is 42.4 Å². The van der Waals surface area contributed by atoms with E-state index in [2.05, 4.69) is 4.98 Å². The molecule has 0 aliphatic heterocycles. The predicted molar refractivity (Wildman–Crippen MR) is 56.6 cm³/mol. The van der Waals surface area contributed by atoms with Crippen molar-refractivity contribution >= 4 is 0 Å². The maximum Gasteiger partial charge on any atom is 0.219 e. The summed E-state index contributed by atoms with van der Waals surface area (Å²) in [4.78, 5) is 3.87. The van der Waals surface area contributed by atoms with Crippen LogP contribution in [-0.4, -0.2) is 10.1 Å². The summed E-state index contributed by atoms with van der Waals surface area (Å²) in [6.07, 6.45) is 1.41. The molecule has 5 heteroatoms. The zero-order chi connectivity index (χ0) is 12.3. The molecule has 0 saturated carbocycles. The van der Waals surface area contributed by atoms with Crippen molar-refractivity contribution < 1.29 is 18.6 Å². The fourth-order valence-electron chi connectivity index (χ4n) is 1.24. The average molecular weight is 237 g/mol. The Morgan fingerprint density at radius 2 is 2.00 bits per heavy atom. The molecule has 3 nitrogen and oxygen atoms in total. The van der Waals surface area contributed by atoms with Crippen molar-refractivity contribution in [1.29, 1.82) is 0 Å². The van der Waals surface area contributed by atoms with Crippen LogP contribution in [0.4, 0.5) is 8.78 Å². The third kappa shape index (κ3) is 2.76. The van der Waals surface area contributed by atoms with Crippen LogP contribution in [0.15, 0.2) is 36.5 Å². The van der Waals surface area contributed by atoms with Gasteiger partial charge in [0.2, 0.25) is 5.88 Å². The quantitative estimate of drug-likeness (QED) is 0.892. The van der Waals surface area contributed by atoms with Crippen LogP contribution in [0.25, 0.3) is 0 Å². The Kier molecular flexibility index (Phi) is 3.30. The molecule has 0 unspecified atom stereocenters. The van der Waals surface area contributed by atoms with Gasteiger partial charge >= 0.3 is 0 Å². The molecule has 2 rings (SSSR count). The van der Waals surface area contributed by atoms with E-state index in [-0.39, 0.29) is 18.2 Å². The molecule has 0 spiro atoms. The predicted octanol–water partition coefficient (Wildman–Crippen LogP) is 2.64. The van der Waals surface area contributed by atoms with Gasteiger partial charge in [0, 0.05) is 18.3 Å². The van der Waals surface area contributed by atoms with Gasteiger partial charge in [-0.2, -0.15) is 0 Å². The molecule has 0 saturated heterocycles. The van der Waals surface area contributed by atoms with E-state index in [9.17, 15) is 8.78 Å². The van der Waals surface area contributed by atoms with Crippen LogP contribution >= 0.6 is 0 Å². The lowest BCUT2D eigenvalue weighted by molar-refractivity contribution is 0.281. The summed E-state index contributed by atoms with van der Waals surface area (Å²) in [5, 5.41) is 8.81. The summed E-state index contributed by atoms with van der Waals surface area (Å²) in [5.41, 5.74) is 0.622. The van der Waals surface area contributed by atoms with Crippen molar-refractivity contribution in [2.45, 2.75) is 6.61 Å². The Morgan fingerprint density at radius 1 is 1.18 bits per heavy atom. The summed E-state index contributed by atoms with van der Waals surface area (Å²) < 4.78 is 31.0. The molecule has 17 heavy (non-hydrogen) atoms. The molecule has 1 aromatic carbocycles. The maximum absolute atomic E-state index is 13.2. The Morgan fingerprint density at radius 3 is 2.59 bits per heavy atom. The van der Waals surface area contributed by atoms with E-state index in [1.165, 1.54) is 18.3 Å². The number of nitrogens with zero attached hydrogens (tertiary/aromatic N) is 1. The fourth-order valence-corrected chi connectivity index (χ4v) is 1.24. The monoisotopic (exact) mass is 237 g/mol. The Bertz CT molecular complexity index is 514. The molecule has 88 valence electrons. The van der Waals surface area contributed by atoms with Gasteiger partial charge in [-0.25, -0.2) is 13.8 Å². The first-order chi connectivity index (χ1) is 8.19. The van der Waals surface area contributed by atoms with E-state index in [1.807, 2.05) is 0 Å². The molecule has 2 aromatic rings. The molecule has 1 N–H and O–H groups in total. The lowest BCUT2D eigenvalue weighted by Crippen LogP contribution is -1.92. The summed E-state index contributed by atoms with van der Waals surface area (Å²) in [7, 11) is 0. The van der Waals surface area contributed by atoms with Crippen LogP contribution in [0.2, 0.25) is 0 Å². The number of aromatic nitrogens is 1. The zero-order valence-electron chi connectivity index (χ0n) is 8.73.